The molecule has 0 bridgehead atoms. The highest BCUT2D eigenvalue weighted by molar-refractivity contribution is 7.11. The number of benzene rings is 1. The van der Waals surface area contributed by atoms with Crippen LogP contribution in [0.5, 0.6) is 0 Å². The second-order valence-corrected chi connectivity index (χ2v) is 5.53. The van der Waals surface area contributed by atoms with E-state index >= 15 is 0 Å². The van der Waals surface area contributed by atoms with Gasteiger partial charge in [-0.15, -0.1) is 11.3 Å². The van der Waals surface area contributed by atoms with Crippen molar-refractivity contribution in [1.29, 1.82) is 0 Å². The number of hydrogen-bond acceptors (Lipinski definition) is 6. The van der Waals surface area contributed by atoms with Gasteiger partial charge >= 0.3 is 6.18 Å². The molecule has 1 aliphatic heterocycles. The lowest BCUT2D eigenvalue weighted by Gasteiger charge is -2.47. The number of para-hydroxylation sites is 2. The smallest absolute Gasteiger partial charge is 0.456 e. The van der Waals surface area contributed by atoms with E-state index in [2.05, 4.69) is 0 Å². The Morgan fingerprint density at radius 3 is 2.13 bits per heavy atom. The minimum atomic E-state index is -5.27. The maximum Gasteiger partial charge on any atom is 0.456 e. The maximum atomic E-state index is 12.9. The highest BCUT2D eigenvalue weighted by atomic mass is 32.1. The lowest BCUT2D eigenvalue weighted by atomic mass is 10.1. The number of hydrogen-bond donors (Lipinski definition) is 0. The molecular formula is C14H7F3N2O3S-2. The first kappa shape index (κ1) is 15.5. The fourth-order valence-electron chi connectivity index (χ4n) is 2.21. The van der Waals surface area contributed by atoms with Crippen molar-refractivity contribution in [3.05, 3.63) is 62.8 Å². The molecule has 5 nitrogen and oxygen atoms in total. The number of alkyl halides is 3. The molecule has 2 heterocycles. The van der Waals surface area contributed by atoms with Crippen molar-refractivity contribution in [3.63, 3.8) is 0 Å². The number of rotatable bonds is 2. The summed E-state index contributed by atoms with van der Waals surface area (Å²) in [5, 5.41) is 26.4. The van der Waals surface area contributed by atoms with Gasteiger partial charge in [0.2, 0.25) is 0 Å². The van der Waals surface area contributed by atoms with Crippen molar-refractivity contribution in [2.75, 3.05) is 10.1 Å². The number of carbonyl (C=O) groups is 1. The Morgan fingerprint density at radius 2 is 1.61 bits per heavy atom. The molecule has 0 amide bonds. The molecule has 0 saturated carbocycles. The van der Waals surface area contributed by atoms with Gasteiger partial charge < -0.3 is 20.5 Å². The second-order valence-electron chi connectivity index (χ2n) is 4.58. The van der Waals surface area contributed by atoms with Crippen molar-refractivity contribution >= 4 is 34.2 Å². The molecule has 0 N–H and O–H groups in total. The number of carbonyl (C=O) groups excluding carboxylic acids is 1. The average Bonchev–Trinajstić information content (AvgIpc) is 3.03. The summed E-state index contributed by atoms with van der Waals surface area (Å²) in [4.78, 5) is 11.8. The van der Waals surface area contributed by atoms with Crippen molar-refractivity contribution in [2.45, 2.75) is 6.18 Å². The second kappa shape index (κ2) is 5.37. The van der Waals surface area contributed by atoms with E-state index in [1.165, 1.54) is 41.8 Å². The predicted molar refractivity (Wildman–Crippen MR) is 80.4 cm³/mol. The monoisotopic (exact) mass is 340 g/mol. The number of fused-ring (bicyclic) bond motifs is 1. The van der Waals surface area contributed by atoms with E-state index in [9.17, 15) is 28.4 Å². The standard InChI is InChI=1S/C14H7F3N2O3S/c15-14(16,17)13(20)12-11(10-6-3-7-23-10)18(21)8-4-1-2-5-9(8)19(12)22/h1-7H/q-2. The van der Waals surface area contributed by atoms with Gasteiger partial charge in [-0.05, 0) is 23.6 Å². The quantitative estimate of drug-likeness (QED) is 0.830. The normalized spacial score (nSPS) is 15.0. The SMILES string of the molecule is O=C(C1=C(c2cccs2)N([O-])c2ccccc2N1[O-])C(F)(F)F. The Bertz CT molecular complexity index is 787. The molecule has 0 fully saturated rings. The average molecular weight is 340 g/mol. The van der Waals surface area contributed by atoms with Crippen LogP contribution in [0.1, 0.15) is 4.88 Å². The zero-order chi connectivity index (χ0) is 16.8. The van der Waals surface area contributed by atoms with E-state index in [0.29, 0.717) is 0 Å². The summed E-state index contributed by atoms with van der Waals surface area (Å²) in [7, 11) is 0. The summed E-state index contributed by atoms with van der Waals surface area (Å²) in [5.74, 6) is -2.36. The summed E-state index contributed by atoms with van der Waals surface area (Å²) in [5.41, 5.74) is -2.26. The number of nitrogens with zero attached hydrogens (tertiary/aromatic N) is 2. The Labute approximate surface area is 132 Å². The van der Waals surface area contributed by atoms with Gasteiger partial charge in [0.1, 0.15) is 5.70 Å². The number of Topliss-reactive ketones (excluding diaryl/α,β-unsaturated/α-hetero) is 1. The molecule has 0 radical (unpaired) electrons. The van der Waals surface area contributed by atoms with Crippen LogP contribution in [0, 0.1) is 10.4 Å². The third-order valence-electron chi connectivity index (χ3n) is 3.18. The van der Waals surface area contributed by atoms with E-state index in [0.717, 1.165) is 11.3 Å². The van der Waals surface area contributed by atoms with Gasteiger partial charge in [-0.3, -0.25) is 4.79 Å². The largest absolute Gasteiger partial charge is 0.754 e. The number of anilines is 2. The lowest BCUT2D eigenvalue weighted by Crippen LogP contribution is -2.38. The van der Waals surface area contributed by atoms with Gasteiger partial charge in [0.15, 0.2) is 0 Å². The van der Waals surface area contributed by atoms with Crippen LogP contribution in [0.4, 0.5) is 24.5 Å². The number of thiophene rings is 1. The Morgan fingerprint density at radius 1 is 1.00 bits per heavy atom. The zero-order valence-corrected chi connectivity index (χ0v) is 12.0. The van der Waals surface area contributed by atoms with Crippen molar-refractivity contribution < 1.29 is 18.0 Å². The molecular weight excluding hydrogens is 333 g/mol. The third-order valence-corrected chi connectivity index (χ3v) is 4.05. The van der Waals surface area contributed by atoms with Crippen LogP contribution in [0.15, 0.2) is 47.5 Å². The van der Waals surface area contributed by atoms with Gasteiger partial charge in [0.25, 0.3) is 5.78 Å². The molecule has 1 aliphatic rings. The third kappa shape index (κ3) is 2.48. The van der Waals surface area contributed by atoms with E-state index in [4.69, 9.17) is 0 Å². The lowest BCUT2D eigenvalue weighted by molar-refractivity contribution is -0.166. The fraction of sp³-hybridized carbons (Fsp3) is 0.0714. The zero-order valence-electron chi connectivity index (χ0n) is 11.2. The Kier molecular flexibility index (Phi) is 3.63. The van der Waals surface area contributed by atoms with E-state index in [1.54, 1.807) is 0 Å². The Balaban J connectivity index is 2.28. The van der Waals surface area contributed by atoms with Crippen LogP contribution in [0.2, 0.25) is 0 Å². The topological polar surface area (TPSA) is 69.7 Å². The van der Waals surface area contributed by atoms with Gasteiger partial charge in [-0.25, -0.2) is 0 Å². The molecule has 9 heteroatoms. The first-order valence-electron chi connectivity index (χ1n) is 6.25. The molecule has 120 valence electrons. The molecule has 2 aromatic rings. The number of halogens is 3. The number of ketones is 1. The summed E-state index contributed by atoms with van der Waals surface area (Å²) >= 11 is 0.957. The van der Waals surface area contributed by atoms with E-state index < -0.39 is 23.4 Å². The van der Waals surface area contributed by atoms with Crippen LogP contribution >= 0.6 is 11.3 Å². The summed E-state index contributed by atoms with van der Waals surface area (Å²) < 4.78 is 38.6. The molecule has 23 heavy (non-hydrogen) atoms. The van der Waals surface area contributed by atoms with Crippen molar-refractivity contribution in [3.8, 4) is 0 Å². The van der Waals surface area contributed by atoms with Gasteiger partial charge in [0, 0.05) is 0 Å². The van der Waals surface area contributed by atoms with Crippen LogP contribution < -0.4 is 10.1 Å². The highest BCUT2D eigenvalue weighted by Crippen LogP contribution is 2.44. The minimum Gasteiger partial charge on any atom is -0.754 e. The molecule has 1 aromatic carbocycles. The Hall–Kier alpha value is -2.36. The van der Waals surface area contributed by atoms with Crippen molar-refractivity contribution in [2.24, 2.45) is 0 Å². The van der Waals surface area contributed by atoms with Gasteiger partial charge in [-0.2, -0.15) is 13.2 Å². The number of hydroxylamine groups is 2. The fourth-order valence-corrected chi connectivity index (χ4v) is 2.96. The van der Waals surface area contributed by atoms with Crippen LogP contribution in [0.25, 0.3) is 5.70 Å². The van der Waals surface area contributed by atoms with Gasteiger partial charge in [0.05, 0.1) is 21.9 Å². The first-order chi connectivity index (χ1) is 10.8. The minimum absolute atomic E-state index is 0.1000. The molecule has 0 spiro atoms. The predicted octanol–water partition coefficient (Wildman–Crippen LogP) is 3.87. The molecule has 0 aliphatic carbocycles. The van der Waals surface area contributed by atoms with Crippen LogP contribution in [-0.4, -0.2) is 12.0 Å². The van der Waals surface area contributed by atoms with Crippen LogP contribution in [-0.2, 0) is 4.79 Å². The van der Waals surface area contributed by atoms with E-state index in [1.807, 2.05) is 0 Å². The molecule has 3 rings (SSSR count). The first-order valence-corrected chi connectivity index (χ1v) is 7.13. The highest BCUT2D eigenvalue weighted by Gasteiger charge is 2.44. The van der Waals surface area contributed by atoms with Crippen LogP contribution in [0.3, 0.4) is 0 Å². The van der Waals surface area contributed by atoms with Gasteiger partial charge in [-0.1, -0.05) is 18.2 Å². The molecule has 0 atom stereocenters. The molecule has 1 aromatic heterocycles. The molecule has 0 saturated heterocycles. The number of allylic oxidation sites excluding steroid dienone is 1. The maximum absolute atomic E-state index is 12.9. The summed E-state index contributed by atoms with van der Waals surface area (Å²) in [6.07, 6.45) is -5.27. The van der Waals surface area contributed by atoms with E-state index in [-0.39, 0.29) is 26.4 Å². The molecule has 0 unspecified atom stereocenters. The summed E-state index contributed by atoms with van der Waals surface area (Å²) in [6, 6.07) is 8.23. The van der Waals surface area contributed by atoms with Crippen molar-refractivity contribution in [1.82, 2.24) is 0 Å². The summed E-state index contributed by atoms with van der Waals surface area (Å²) in [6.45, 7) is 0.